The molecular formula is C17H16ClF4N3. The summed E-state index contributed by atoms with van der Waals surface area (Å²) in [5.74, 6) is 0.0406. The third-order valence-electron chi connectivity index (χ3n) is 4.30. The lowest BCUT2D eigenvalue weighted by molar-refractivity contribution is -0.156. The van der Waals surface area contributed by atoms with E-state index in [2.05, 4.69) is 15.6 Å². The van der Waals surface area contributed by atoms with Gasteiger partial charge in [-0.2, -0.15) is 13.2 Å². The Balaban J connectivity index is 1.70. The van der Waals surface area contributed by atoms with Crippen molar-refractivity contribution in [3.63, 3.8) is 0 Å². The largest absolute Gasteiger partial charge is 0.407 e. The van der Waals surface area contributed by atoms with E-state index >= 15 is 0 Å². The molecule has 0 amide bonds. The number of aromatic nitrogens is 1. The van der Waals surface area contributed by atoms with Crippen molar-refractivity contribution < 1.29 is 17.6 Å². The number of rotatable bonds is 4. The summed E-state index contributed by atoms with van der Waals surface area (Å²) in [6, 6.07) is 4.35. The lowest BCUT2D eigenvalue weighted by atomic mass is 10.1. The smallest absolute Gasteiger partial charge is 0.367 e. The van der Waals surface area contributed by atoms with Crippen molar-refractivity contribution in [2.45, 2.75) is 31.1 Å². The van der Waals surface area contributed by atoms with Gasteiger partial charge < -0.3 is 10.6 Å². The minimum Gasteiger partial charge on any atom is -0.367 e. The van der Waals surface area contributed by atoms with Gasteiger partial charge >= 0.3 is 6.18 Å². The Labute approximate surface area is 147 Å². The van der Waals surface area contributed by atoms with E-state index in [-0.39, 0.29) is 16.6 Å². The Hall–Kier alpha value is -1.86. The van der Waals surface area contributed by atoms with Gasteiger partial charge in [-0.1, -0.05) is 23.7 Å². The SMILES string of the molecule is CN[C@@H](c1ccc(NC2Cc3ccc(Cl)c(F)c3C2)nc1)C(F)(F)F. The van der Waals surface area contributed by atoms with Crippen LogP contribution in [0.15, 0.2) is 30.5 Å². The van der Waals surface area contributed by atoms with E-state index in [1.54, 1.807) is 6.07 Å². The standard InChI is InChI=1S/C17H16ClF4N3/c1-23-16(17(20,21)22)10-3-5-14(24-8-10)25-11-6-9-2-4-13(18)15(19)12(9)7-11/h2-5,8,11,16,23H,6-7H2,1H3,(H,24,25)/t11?,16-/m0/s1. The Morgan fingerprint density at radius 2 is 1.96 bits per heavy atom. The fourth-order valence-corrected chi connectivity index (χ4v) is 3.30. The van der Waals surface area contributed by atoms with Gasteiger partial charge in [-0.3, -0.25) is 0 Å². The van der Waals surface area contributed by atoms with Gasteiger partial charge in [0.05, 0.1) is 5.02 Å². The van der Waals surface area contributed by atoms with Crippen molar-refractivity contribution in [1.29, 1.82) is 0 Å². The highest BCUT2D eigenvalue weighted by molar-refractivity contribution is 6.30. The number of benzene rings is 1. The van der Waals surface area contributed by atoms with Crippen LogP contribution in [0, 0.1) is 5.82 Å². The molecule has 25 heavy (non-hydrogen) atoms. The maximum absolute atomic E-state index is 14.0. The highest BCUT2D eigenvalue weighted by Crippen LogP contribution is 2.33. The van der Waals surface area contributed by atoms with Crippen LogP contribution in [0.3, 0.4) is 0 Å². The lowest BCUT2D eigenvalue weighted by Gasteiger charge is -2.20. The zero-order chi connectivity index (χ0) is 18.2. The summed E-state index contributed by atoms with van der Waals surface area (Å²) in [6.45, 7) is 0. The molecule has 1 aromatic carbocycles. The van der Waals surface area contributed by atoms with Gasteiger partial charge in [0.2, 0.25) is 0 Å². The Bertz CT molecular complexity index is 762. The number of alkyl halides is 3. The molecule has 1 unspecified atom stereocenters. The second-order valence-electron chi connectivity index (χ2n) is 5.99. The first-order chi connectivity index (χ1) is 11.8. The first-order valence-electron chi connectivity index (χ1n) is 7.72. The lowest BCUT2D eigenvalue weighted by Crippen LogP contribution is -2.31. The molecule has 1 aliphatic carbocycles. The van der Waals surface area contributed by atoms with E-state index in [1.807, 2.05) is 0 Å². The molecule has 2 aromatic rings. The molecule has 0 fully saturated rings. The first kappa shape index (κ1) is 17.9. The van der Waals surface area contributed by atoms with Crippen molar-refractivity contribution in [1.82, 2.24) is 10.3 Å². The van der Waals surface area contributed by atoms with Gasteiger partial charge in [0, 0.05) is 12.2 Å². The molecule has 0 spiro atoms. The van der Waals surface area contributed by atoms with Crippen molar-refractivity contribution in [3.8, 4) is 0 Å². The summed E-state index contributed by atoms with van der Waals surface area (Å²) >= 11 is 5.79. The molecule has 0 saturated heterocycles. The number of pyridine rings is 1. The number of anilines is 1. The summed E-state index contributed by atoms with van der Waals surface area (Å²) in [6.07, 6.45) is -2.15. The number of nitrogens with one attached hydrogen (secondary N) is 2. The van der Waals surface area contributed by atoms with Crippen LogP contribution in [0.4, 0.5) is 23.4 Å². The number of fused-ring (bicyclic) bond motifs is 1. The summed E-state index contributed by atoms with van der Waals surface area (Å²) in [5.41, 5.74) is 1.49. The number of nitrogens with zero attached hydrogens (tertiary/aromatic N) is 1. The Morgan fingerprint density at radius 3 is 2.56 bits per heavy atom. The van der Waals surface area contributed by atoms with E-state index in [1.165, 1.54) is 31.4 Å². The van der Waals surface area contributed by atoms with E-state index in [9.17, 15) is 17.6 Å². The molecular weight excluding hydrogens is 358 g/mol. The third kappa shape index (κ3) is 3.72. The van der Waals surface area contributed by atoms with Crippen molar-refractivity contribution in [2.75, 3.05) is 12.4 Å². The highest BCUT2D eigenvalue weighted by Gasteiger charge is 2.39. The van der Waals surface area contributed by atoms with E-state index < -0.39 is 18.0 Å². The van der Waals surface area contributed by atoms with E-state index in [0.29, 0.717) is 24.2 Å². The Morgan fingerprint density at radius 1 is 1.20 bits per heavy atom. The van der Waals surface area contributed by atoms with Crippen LogP contribution >= 0.6 is 11.6 Å². The van der Waals surface area contributed by atoms with E-state index in [4.69, 9.17) is 11.6 Å². The van der Waals surface area contributed by atoms with Crippen LogP contribution in [0.25, 0.3) is 0 Å². The van der Waals surface area contributed by atoms with Crippen LogP contribution in [0.5, 0.6) is 0 Å². The number of hydrogen-bond acceptors (Lipinski definition) is 3. The second-order valence-corrected chi connectivity index (χ2v) is 6.40. The monoisotopic (exact) mass is 373 g/mol. The molecule has 2 N–H and O–H groups in total. The molecule has 3 nitrogen and oxygen atoms in total. The fraction of sp³-hybridized carbons (Fsp3) is 0.353. The molecule has 2 atom stereocenters. The summed E-state index contributed by atoms with van der Waals surface area (Å²) < 4.78 is 52.7. The Kier molecular flexibility index (Phi) is 4.88. The number of hydrogen-bond donors (Lipinski definition) is 2. The zero-order valence-corrected chi connectivity index (χ0v) is 14.0. The molecule has 8 heteroatoms. The van der Waals surface area contributed by atoms with Gasteiger partial charge in [0.25, 0.3) is 0 Å². The molecule has 134 valence electrons. The van der Waals surface area contributed by atoms with Crippen LogP contribution in [0.1, 0.15) is 22.7 Å². The van der Waals surface area contributed by atoms with Gasteiger partial charge in [-0.15, -0.1) is 0 Å². The second kappa shape index (κ2) is 6.80. The molecule has 1 aliphatic rings. The minimum absolute atomic E-state index is 0.0353. The average molecular weight is 374 g/mol. The summed E-state index contributed by atoms with van der Waals surface area (Å²) in [7, 11) is 1.25. The molecule has 3 rings (SSSR count). The topological polar surface area (TPSA) is 37.0 Å². The van der Waals surface area contributed by atoms with Crippen LogP contribution < -0.4 is 10.6 Å². The molecule has 0 saturated carbocycles. The molecule has 1 heterocycles. The fourth-order valence-electron chi connectivity index (χ4n) is 3.12. The molecule has 0 radical (unpaired) electrons. The normalized spacial score (nSPS) is 18.1. The molecule has 1 aromatic heterocycles. The molecule has 0 bridgehead atoms. The zero-order valence-electron chi connectivity index (χ0n) is 13.3. The summed E-state index contributed by atoms with van der Waals surface area (Å²) in [5, 5.41) is 5.46. The van der Waals surface area contributed by atoms with Gasteiger partial charge in [0.15, 0.2) is 0 Å². The van der Waals surface area contributed by atoms with Crippen molar-refractivity contribution >= 4 is 17.4 Å². The van der Waals surface area contributed by atoms with Gasteiger partial charge in [-0.05, 0) is 48.7 Å². The van der Waals surface area contributed by atoms with Crippen molar-refractivity contribution in [3.05, 3.63) is 58.0 Å². The minimum atomic E-state index is -4.39. The number of halogens is 5. The first-order valence-corrected chi connectivity index (χ1v) is 8.09. The van der Waals surface area contributed by atoms with E-state index in [0.717, 1.165) is 5.56 Å². The quantitative estimate of drug-likeness (QED) is 0.786. The van der Waals surface area contributed by atoms with Crippen LogP contribution in [-0.2, 0) is 12.8 Å². The molecule has 0 aliphatic heterocycles. The van der Waals surface area contributed by atoms with Crippen molar-refractivity contribution in [2.24, 2.45) is 0 Å². The predicted octanol–water partition coefficient (Wildman–Crippen LogP) is 4.28. The maximum atomic E-state index is 14.0. The predicted molar refractivity (Wildman–Crippen MR) is 88.3 cm³/mol. The third-order valence-corrected chi connectivity index (χ3v) is 4.59. The maximum Gasteiger partial charge on any atom is 0.407 e. The van der Waals surface area contributed by atoms with Gasteiger partial charge in [0.1, 0.15) is 17.7 Å². The van der Waals surface area contributed by atoms with Crippen LogP contribution in [-0.4, -0.2) is 24.2 Å². The summed E-state index contributed by atoms with van der Waals surface area (Å²) in [4.78, 5) is 4.06. The highest BCUT2D eigenvalue weighted by atomic mass is 35.5. The van der Waals surface area contributed by atoms with Gasteiger partial charge in [-0.25, -0.2) is 9.37 Å². The van der Waals surface area contributed by atoms with Crippen LogP contribution in [0.2, 0.25) is 5.02 Å². The average Bonchev–Trinajstić information content (AvgIpc) is 2.95.